The zero-order valence-electron chi connectivity index (χ0n) is 12.6. The summed E-state index contributed by atoms with van der Waals surface area (Å²) in [5, 5.41) is 3.00. The van der Waals surface area contributed by atoms with Crippen LogP contribution in [0.4, 0.5) is 5.69 Å². The van der Waals surface area contributed by atoms with Crippen molar-refractivity contribution in [2.75, 3.05) is 11.1 Å². The van der Waals surface area contributed by atoms with Gasteiger partial charge in [0.05, 0.1) is 0 Å². The predicted octanol–water partition coefficient (Wildman–Crippen LogP) is 4.68. The topological polar surface area (TPSA) is 29.1 Å². The van der Waals surface area contributed by atoms with Gasteiger partial charge in [0.25, 0.3) is 0 Å². The van der Waals surface area contributed by atoms with Gasteiger partial charge in [-0.3, -0.25) is 4.79 Å². The molecule has 3 heteroatoms. The van der Waals surface area contributed by atoms with Crippen LogP contribution in [-0.4, -0.2) is 11.7 Å². The molecule has 0 fully saturated rings. The van der Waals surface area contributed by atoms with Crippen molar-refractivity contribution in [2.24, 2.45) is 0 Å². The van der Waals surface area contributed by atoms with E-state index in [1.165, 1.54) is 16.0 Å². The van der Waals surface area contributed by atoms with Gasteiger partial charge >= 0.3 is 0 Å². The predicted molar refractivity (Wildman–Crippen MR) is 91.0 cm³/mol. The van der Waals surface area contributed by atoms with Gasteiger partial charge in [0.1, 0.15) is 0 Å². The van der Waals surface area contributed by atoms with Crippen LogP contribution in [0.1, 0.15) is 24.5 Å². The molecule has 0 heterocycles. The molecule has 0 spiro atoms. The molecule has 0 aliphatic carbocycles. The Hall–Kier alpha value is -1.74. The summed E-state index contributed by atoms with van der Waals surface area (Å²) in [4.78, 5) is 13.2. The van der Waals surface area contributed by atoms with Crippen molar-refractivity contribution < 1.29 is 4.79 Å². The van der Waals surface area contributed by atoms with Gasteiger partial charge in [-0.15, -0.1) is 11.8 Å². The molecule has 0 radical (unpaired) electrons. The highest BCUT2D eigenvalue weighted by Gasteiger charge is 2.05. The zero-order valence-corrected chi connectivity index (χ0v) is 13.4. The van der Waals surface area contributed by atoms with Crippen LogP contribution < -0.4 is 5.32 Å². The molecule has 1 amide bonds. The highest BCUT2D eigenvalue weighted by Crippen LogP contribution is 2.20. The number of hydrogen-bond acceptors (Lipinski definition) is 2. The van der Waals surface area contributed by atoms with Gasteiger partial charge in [0, 0.05) is 22.8 Å². The largest absolute Gasteiger partial charge is 0.326 e. The molecule has 110 valence electrons. The van der Waals surface area contributed by atoms with Crippen LogP contribution in [0.2, 0.25) is 0 Å². The first kappa shape index (κ1) is 15.6. The average molecular weight is 299 g/mol. The molecule has 2 aromatic rings. The van der Waals surface area contributed by atoms with Crippen LogP contribution in [0.15, 0.2) is 53.4 Å². The molecule has 0 saturated carbocycles. The van der Waals surface area contributed by atoms with Crippen LogP contribution in [0.3, 0.4) is 0 Å². The molecule has 0 aliphatic rings. The molecule has 0 unspecified atom stereocenters. The molecule has 2 rings (SSSR count). The smallest absolute Gasteiger partial charge is 0.225 e. The fourth-order valence-electron chi connectivity index (χ4n) is 2.06. The molecular weight excluding hydrogens is 278 g/mol. The van der Waals surface area contributed by atoms with Gasteiger partial charge in [-0.05, 0) is 37.1 Å². The second kappa shape index (κ2) is 7.89. The summed E-state index contributed by atoms with van der Waals surface area (Å²) >= 11 is 1.72. The number of benzene rings is 2. The first-order chi connectivity index (χ1) is 10.2. The molecule has 2 nitrogen and oxygen atoms in total. The number of carbonyl (C=O) groups is 1. The zero-order chi connectivity index (χ0) is 15.1. The molecule has 0 saturated heterocycles. The van der Waals surface area contributed by atoms with Crippen molar-refractivity contribution in [3.05, 3.63) is 59.7 Å². The van der Waals surface area contributed by atoms with Crippen LogP contribution in [0.25, 0.3) is 0 Å². The lowest BCUT2D eigenvalue weighted by molar-refractivity contribution is -0.115. The number of anilines is 1. The Morgan fingerprint density at radius 3 is 2.52 bits per heavy atom. The minimum atomic E-state index is 0.0792. The summed E-state index contributed by atoms with van der Waals surface area (Å²) in [5.74, 6) is 0.874. The summed E-state index contributed by atoms with van der Waals surface area (Å²) in [6.07, 6.45) is 1.45. The molecule has 21 heavy (non-hydrogen) atoms. The lowest BCUT2D eigenvalue weighted by Gasteiger charge is -2.09. The maximum absolute atomic E-state index is 12.0. The monoisotopic (exact) mass is 299 g/mol. The van der Waals surface area contributed by atoms with E-state index in [4.69, 9.17) is 0 Å². The molecule has 0 atom stereocenters. The van der Waals surface area contributed by atoms with Crippen molar-refractivity contribution in [3.63, 3.8) is 0 Å². The molecular formula is C18H21NOS. The van der Waals surface area contributed by atoms with E-state index in [0.717, 1.165) is 17.9 Å². The van der Waals surface area contributed by atoms with Crippen molar-refractivity contribution >= 4 is 23.4 Å². The summed E-state index contributed by atoms with van der Waals surface area (Å²) in [6, 6.07) is 16.4. The molecule has 1 N–H and O–H groups in total. The number of rotatable bonds is 6. The van der Waals surface area contributed by atoms with Gasteiger partial charge in [-0.1, -0.05) is 42.8 Å². The van der Waals surface area contributed by atoms with Gasteiger partial charge in [-0.25, -0.2) is 0 Å². The summed E-state index contributed by atoms with van der Waals surface area (Å²) in [5.41, 5.74) is 3.37. The van der Waals surface area contributed by atoms with E-state index in [1.807, 2.05) is 18.2 Å². The Bertz CT molecular complexity index is 592. The van der Waals surface area contributed by atoms with E-state index in [2.05, 4.69) is 49.5 Å². The third kappa shape index (κ3) is 4.94. The number of para-hydroxylation sites is 1. The fraction of sp³-hybridized carbons (Fsp3) is 0.278. The van der Waals surface area contributed by atoms with Gasteiger partial charge in [0.15, 0.2) is 0 Å². The second-order valence-electron chi connectivity index (χ2n) is 4.97. The normalized spacial score (nSPS) is 10.4. The molecule has 0 aliphatic heterocycles. The number of hydrogen-bond donors (Lipinski definition) is 1. The molecule has 0 aromatic heterocycles. The van der Waals surface area contributed by atoms with Crippen molar-refractivity contribution in [1.29, 1.82) is 0 Å². The quantitative estimate of drug-likeness (QED) is 0.785. The third-order valence-corrected chi connectivity index (χ3v) is 4.30. The van der Waals surface area contributed by atoms with E-state index < -0.39 is 0 Å². The van der Waals surface area contributed by atoms with Gasteiger partial charge in [0.2, 0.25) is 5.91 Å². The summed E-state index contributed by atoms with van der Waals surface area (Å²) in [7, 11) is 0. The Morgan fingerprint density at radius 2 is 1.81 bits per heavy atom. The van der Waals surface area contributed by atoms with E-state index in [9.17, 15) is 4.79 Å². The highest BCUT2D eigenvalue weighted by molar-refractivity contribution is 7.99. The van der Waals surface area contributed by atoms with Crippen LogP contribution in [0, 0.1) is 6.92 Å². The molecule has 0 bridgehead atoms. The summed E-state index contributed by atoms with van der Waals surface area (Å²) < 4.78 is 0. The fourth-order valence-corrected chi connectivity index (χ4v) is 2.91. The SMILES string of the molecule is CCc1ccccc1NC(=O)CCSc1ccc(C)cc1. The lowest BCUT2D eigenvalue weighted by Crippen LogP contribution is -2.13. The minimum Gasteiger partial charge on any atom is -0.326 e. The maximum Gasteiger partial charge on any atom is 0.225 e. The third-order valence-electron chi connectivity index (χ3n) is 3.29. The number of nitrogens with one attached hydrogen (secondary N) is 1. The number of amides is 1. The Balaban J connectivity index is 1.81. The van der Waals surface area contributed by atoms with Crippen LogP contribution in [0.5, 0.6) is 0 Å². The second-order valence-corrected chi connectivity index (χ2v) is 6.14. The van der Waals surface area contributed by atoms with Crippen molar-refractivity contribution in [2.45, 2.75) is 31.6 Å². The number of thioether (sulfide) groups is 1. The van der Waals surface area contributed by atoms with Gasteiger partial charge in [-0.2, -0.15) is 0 Å². The summed E-state index contributed by atoms with van der Waals surface area (Å²) in [6.45, 7) is 4.17. The minimum absolute atomic E-state index is 0.0792. The van der Waals surface area contributed by atoms with E-state index in [-0.39, 0.29) is 5.91 Å². The van der Waals surface area contributed by atoms with Crippen molar-refractivity contribution in [3.8, 4) is 0 Å². The highest BCUT2D eigenvalue weighted by atomic mass is 32.2. The van der Waals surface area contributed by atoms with E-state index >= 15 is 0 Å². The van der Waals surface area contributed by atoms with E-state index in [1.54, 1.807) is 11.8 Å². The van der Waals surface area contributed by atoms with Crippen molar-refractivity contribution in [1.82, 2.24) is 0 Å². The Morgan fingerprint density at radius 1 is 1.10 bits per heavy atom. The standard InChI is InChI=1S/C18H21NOS/c1-3-15-6-4-5-7-17(15)19-18(20)12-13-21-16-10-8-14(2)9-11-16/h4-11H,3,12-13H2,1-2H3,(H,19,20). The first-order valence-corrected chi connectivity index (χ1v) is 8.25. The molecule has 2 aromatic carbocycles. The number of carbonyl (C=O) groups excluding carboxylic acids is 1. The van der Waals surface area contributed by atoms with Crippen LogP contribution >= 0.6 is 11.8 Å². The van der Waals surface area contributed by atoms with E-state index in [0.29, 0.717) is 6.42 Å². The first-order valence-electron chi connectivity index (χ1n) is 7.26. The Labute approximate surface area is 131 Å². The van der Waals surface area contributed by atoms with Gasteiger partial charge < -0.3 is 5.32 Å². The average Bonchev–Trinajstić information content (AvgIpc) is 2.50. The van der Waals surface area contributed by atoms with Crippen LogP contribution in [-0.2, 0) is 11.2 Å². The maximum atomic E-state index is 12.0. The Kier molecular flexibility index (Phi) is 5.88. The number of aryl methyl sites for hydroxylation is 2. The lowest BCUT2D eigenvalue weighted by atomic mass is 10.1.